The fourth-order valence-corrected chi connectivity index (χ4v) is 4.03. The molecule has 1 N–H and O–H groups in total. The Labute approximate surface area is 170 Å². The third kappa shape index (κ3) is 5.17. The maximum atomic E-state index is 12.6. The third-order valence-electron chi connectivity index (χ3n) is 4.82. The number of hydrogen-bond donors (Lipinski definition) is 1. The predicted molar refractivity (Wildman–Crippen MR) is 114 cm³/mol. The number of hydrogen-bond acceptors (Lipinski definition) is 5. The van der Waals surface area contributed by atoms with Crippen molar-refractivity contribution in [3.05, 3.63) is 40.9 Å². The minimum atomic E-state index is -0.353. The van der Waals surface area contributed by atoms with Gasteiger partial charge in [-0.2, -0.15) is 0 Å². The zero-order valence-corrected chi connectivity index (χ0v) is 17.6. The van der Waals surface area contributed by atoms with Crippen LogP contribution in [0.1, 0.15) is 37.4 Å². The van der Waals surface area contributed by atoms with E-state index in [1.807, 2.05) is 36.5 Å². The first-order valence-electron chi connectivity index (χ1n) is 9.75. The largest absolute Gasteiger partial charge is 0.312 e. The summed E-state index contributed by atoms with van der Waals surface area (Å²) in [5, 5.41) is 5.41. The van der Waals surface area contributed by atoms with Gasteiger partial charge in [0, 0.05) is 30.6 Å². The number of nitrogens with zero attached hydrogens (tertiary/aromatic N) is 3. The highest BCUT2D eigenvalue weighted by Crippen LogP contribution is 2.27. The number of nitrogens with one attached hydrogen (secondary N) is 1. The van der Waals surface area contributed by atoms with Crippen molar-refractivity contribution in [1.82, 2.24) is 9.88 Å². The number of carbonyl (C=O) groups is 2. The van der Waals surface area contributed by atoms with Gasteiger partial charge < -0.3 is 15.1 Å². The molecule has 28 heavy (non-hydrogen) atoms. The van der Waals surface area contributed by atoms with Gasteiger partial charge in [-0.25, -0.2) is 4.98 Å². The van der Waals surface area contributed by atoms with Gasteiger partial charge in [0.25, 0.3) is 0 Å². The van der Waals surface area contributed by atoms with Crippen LogP contribution in [0.3, 0.4) is 0 Å². The quantitative estimate of drug-likeness (QED) is 0.736. The summed E-state index contributed by atoms with van der Waals surface area (Å²) in [6.45, 7) is 3.32. The van der Waals surface area contributed by atoms with Gasteiger partial charge in [-0.3, -0.25) is 9.59 Å². The van der Waals surface area contributed by atoms with E-state index in [2.05, 4.69) is 29.4 Å². The number of aromatic nitrogens is 1. The maximum absolute atomic E-state index is 12.6. The Morgan fingerprint density at radius 3 is 2.75 bits per heavy atom. The number of rotatable bonds is 8. The summed E-state index contributed by atoms with van der Waals surface area (Å²) in [5.41, 5.74) is 3.07. The Morgan fingerprint density at radius 2 is 2.07 bits per heavy atom. The lowest BCUT2D eigenvalue weighted by Crippen LogP contribution is -2.28. The molecule has 1 unspecified atom stereocenters. The van der Waals surface area contributed by atoms with Crippen LogP contribution >= 0.6 is 11.3 Å². The first kappa shape index (κ1) is 20.5. The van der Waals surface area contributed by atoms with Crippen LogP contribution in [0.25, 0.3) is 0 Å². The molecule has 0 spiro atoms. The van der Waals surface area contributed by atoms with Gasteiger partial charge in [0.15, 0.2) is 5.13 Å². The van der Waals surface area contributed by atoms with Crippen molar-refractivity contribution in [2.75, 3.05) is 30.9 Å². The molecule has 1 saturated heterocycles. The second kappa shape index (κ2) is 9.30. The zero-order chi connectivity index (χ0) is 20.1. The van der Waals surface area contributed by atoms with E-state index in [1.54, 1.807) is 4.90 Å². The number of benzene rings is 1. The Morgan fingerprint density at radius 1 is 1.32 bits per heavy atom. The van der Waals surface area contributed by atoms with E-state index >= 15 is 0 Å². The molecule has 1 aliphatic heterocycles. The summed E-state index contributed by atoms with van der Waals surface area (Å²) in [6, 6.07) is 8.12. The van der Waals surface area contributed by atoms with E-state index in [1.165, 1.54) is 23.3 Å². The molecule has 0 saturated carbocycles. The third-order valence-corrected chi connectivity index (χ3v) is 5.63. The van der Waals surface area contributed by atoms with Crippen molar-refractivity contribution in [1.29, 1.82) is 0 Å². The lowest BCUT2D eigenvalue weighted by atomic mass is 10.1. The van der Waals surface area contributed by atoms with Crippen molar-refractivity contribution in [3.63, 3.8) is 0 Å². The summed E-state index contributed by atoms with van der Waals surface area (Å²) in [4.78, 5) is 33.2. The van der Waals surface area contributed by atoms with Crippen molar-refractivity contribution < 1.29 is 9.59 Å². The molecule has 2 aromatic rings. The van der Waals surface area contributed by atoms with Crippen LogP contribution in [-0.4, -0.2) is 42.3 Å². The second-order valence-electron chi connectivity index (χ2n) is 7.55. The van der Waals surface area contributed by atoms with Gasteiger partial charge in [0.2, 0.25) is 11.8 Å². The topological polar surface area (TPSA) is 65.5 Å². The Hall–Kier alpha value is -2.25. The van der Waals surface area contributed by atoms with Crippen LogP contribution in [-0.2, 0) is 22.6 Å². The van der Waals surface area contributed by atoms with Gasteiger partial charge in [-0.05, 0) is 44.6 Å². The highest BCUT2D eigenvalue weighted by atomic mass is 32.1. The lowest BCUT2D eigenvalue weighted by molar-refractivity contribution is -0.122. The van der Waals surface area contributed by atoms with E-state index in [0.29, 0.717) is 11.7 Å². The van der Waals surface area contributed by atoms with Gasteiger partial charge in [-0.1, -0.05) is 25.5 Å². The minimum absolute atomic E-state index is 0.00565. The van der Waals surface area contributed by atoms with Gasteiger partial charge >= 0.3 is 0 Å². The average molecular weight is 401 g/mol. The molecule has 3 rings (SSSR count). The maximum Gasteiger partial charge on any atom is 0.231 e. The summed E-state index contributed by atoms with van der Waals surface area (Å²) in [5.74, 6) is -0.497. The molecule has 0 bridgehead atoms. The van der Waals surface area contributed by atoms with Crippen LogP contribution in [0.2, 0.25) is 0 Å². The highest BCUT2D eigenvalue weighted by molar-refractivity contribution is 7.13. The molecule has 0 aliphatic carbocycles. The minimum Gasteiger partial charge on any atom is -0.312 e. The van der Waals surface area contributed by atoms with E-state index in [0.717, 1.165) is 30.8 Å². The molecule has 1 aromatic carbocycles. The van der Waals surface area contributed by atoms with E-state index in [-0.39, 0.29) is 24.2 Å². The Bertz CT molecular complexity index is 816. The SMILES string of the molecule is CCCCc1ccc(N2CC(C(=O)Nc3nc(CN(C)C)cs3)CC2=O)cc1. The fourth-order valence-electron chi connectivity index (χ4n) is 3.32. The molecule has 1 aromatic heterocycles. The summed E-state index contributed by atoms with van der Waals surface area (Å²) < 4.78 is 0. The van der Waals surface area contributed by atoms with E-state index in [4.69, 9.17) is 0 Å². The van der Waals surface area contributed by atoms with Crippen molar-refractivity contribution in [2.45, 2.75) is 39.2 Å². The number of aryl methyl sites for hydroxylation is 1. The monoisotopic (exact) mass is 400 g/mol. The van der Waals surface area contributed by atoms with Crippen molar-refractivity contribution >= 4 is 34.0 Å². The summed E-state index contributed by atoms with van der Waals surface area (Å²) >= 11 is 1.42. The number of anilines is 2. The lowest BCUT2D eigenvalue weighted by Gasteiger charge is -2.17. The first-order chi connectivity index (χ1) is 13.5. The fraction of sp³-hybridized carbons (Fsp3) is 0.476. The second-order valence-corrected chi connectivity index (χ2v) is 8.40. The molecule has 7 heteroatoms. The summed E-state index contributed by atoms with van der Waals surface area (Å²) in [6.07, 6.45) is 3.62. The zero-order valence-electron chi connectivity index (χ0n) is 16.8. The number of thiazole rings is 1. The molecule has 2 heterocycles. The van der Waals surface area contributed by atoms with Crippen LogP contribution < -0.4 is 10.2 Å². The number of amides is 2. The molecule has 150 valence electrons. The highest BCUT2D eigenvalue weighted by Gasteiger charge is 2.35. The van der Waals surface area contributed by atoms with Crippen LogP contribution in [0, 0.1) is 5.92 Å². The van der Waals surface area contributed by atoms with Crippen molar-refractivity contribution in [2.24, 2.45) is 5.92 Å². The predicted octanol–water partition coefficient (Wildman–Crippen LogP) is 3.54. The number of carbonyl (C=O) groups excluding carboxylic acids is 2. The van der Waals surface area contributed by atoms with Gasteiger partial charge in [0.1, 0.15) is 0 Å². The Balaban J connectivity index is 1.58. The molecule has 0 radical (unpaired) electrons. The molecular weight excluding hydrogens is 372 g/mol. The molecular formula is C21H28N4O2S. The average Bonchev–Trinajstić information content (AvgIpc) is 3.26. The van der Waals surface area contributed by atoms with E-state index < -0.39 is 0 Å². The standard InChI is InChI=1S/C21H28N4O2S/c1-4-5-6-15-7-9-18(10-8-15)25-12-16(11-19(25)26)20(27)23-21-22-17(14-28-21)13-24(2)3/h7-10,14,16H,4-6,11-13H2,1-3H3,(H,22,23,27). The van der Waals surface area contributed by atoms with Crippen molar-refractivity contribution in [3.8, 4) is 0 Å². The molecule has 2 amide bonds. The van der Waals surface area contributed by atoms with E-state index in [9.17, 15) is 9.59 Å². The van der Waals surface area contributed by atoms with Gasteiger partial charge in [-0.15, -0.1) is 11.3 Å². The normalized spacial score (nSPS) is 16.8. The summed E-state index contributed by atoms with van der Waals surface area (Å²) in [7, 11) is 3.96. The molecule has 6 nitrogen and oxygen atoms in total. The molecule has 1 fully saturated rings. The smallest absolute Gasteiger partial charge is 0.231 e. The van der Waals surface area contributed by atoms with Crippen LogP contribution in [0.15, 0.2) is 29.6 Å². The first-order valence-corrected chi connectivity index (χ1v) is 10.6. The van der Waals surface area contributed by atoms with Gasteiger partial charge in [0.05, 0.1) is 11.6 Å². The molecule has 1 atom stereocenters. The van der Waals surface area contributed by atoms with Crippen LogP contribution in [0.4, 0.5) is 10.8 Å². The van der Waals surface area contributed by atoms with Crippen LogP contribution in [0.5, 0.6) is 0 Å². The molecule has 1 aliphatic rings. The number of unbranched alkanes of at least 4 members (excludes halogenated alkanes) is 1. The Kier molecular flexibility index (Phi) is 6.80.